The van der Waals surface area contributed by atoms with E-state index in [2.05, 4.69) is 11.4 Å². The van der Waals surface area contributed by atoms with E-state index in [4.69, 9.17) is 4.74 Å². The number of carbonyl (C=O) groups excluding carboxylic acids is 1. The number of carboxylic acids is 1. The summed E-state index contributed by atoms with van der Waals surface area (Å²) in [6.45, 7) is 2.57. The summed E-state index contributed by atoms with van der Waals surface area (Å²) in [6, 6.07) is 15.5. The molecule has 0 unspecified atom stereocenters. The van der Waals surface area contributed by atoms with Crippen molar-refractivity contribution in [1.29, 1.82) is 0 Å². The van der Waals surface area contributed by atoms with Gasteiger partial charge < -0.3 is 15.2 Å². The fraction of sp³-hybridized carbons (Fsp3) is 0.231. The lowest BCUT2D eigenvalue weighted by molar-refractivity contribution is -0.118. The maximum Gasteiger partial charge on any atom is 0.338 e. The Morgan fingerprint density at radius 3 is 2.62 bits per heavy atom. The summed E-state index contributed by atoms with van der Waals surface area (Å²) in [5.41, 5.74) is 4.07. The first-order valence-electron chi connectivity index (χ1n) is 10.6. The van der Waals surface area contributed by atoms with Crippen molar-refractivity contribution in [2.24, 2.45) is 0 Å². The van der Waals surface area contributed by atoms with Crippen molar-refractivity contribution in [3.63, 3.8) is 0 Å². The lowest BCUT2D eigenvalue weighted by Gasteiger charge is -2.18. The molecule has 0 radical (unpaired) electrons. The maximum atomic E-state index is 13.8. The molecule has 1 amide bonds. The molecule has 2 N–H and O–H groups in total. The van der Waals surface area contributed by atoms with Gasteiger partial charge >= 0.3 is 5.97 Å². The fourth-order valence-corrected chi connectivity index (χ4v) is 4.37. The van der Waals surface area contributed by atoms with Gasteiger partial charge in [-0.3, -0.25) is 4.79 Å². The van der Waals surface area contributed by atoms with Crippen LogP contribution in [0.25, 0.3) is 11.1 Å². The third kappa shape index (κ3) is 3.42. The quantitative estimate of drug-likeness (QED) is 0.589. The third-order valence-corrected chi connectivity index (χ3v) is 6.43. The van der Waals surface area contributed by atoms with Gasteiger partial charge in [-0.05, 0) is 77.9 Å². The highest BCUT2D eigenvalue weighted by molar-refractivity contribution is 6.02. The van der Waals surface area contributed by atoms with Crippen molar-refractivity contribution in [1.82, 2.24) is 0 Å². The second-order valence-electron chi connectivity index (χ2n) is 8.49. The first-order chi connectivity index (χ1) is 15.4. The Hall–Kier alpha value is -3.67. The summed E-state index contributed by atoms with van der Waals surface area (Å²) in [4.78, 5) is 24.6. The van der Waals surface area contributed by atoms with Crippen LogP contribution in [0, 0.1) is 12.7 Å². The van der Waals surface area contributed by atoms with Crippen molar-refractivity contribution >= 4 is 17.6 Å². The SMILES string of the molecule is Cc1ccc(NC(=O)C2(c3ccc4c(c3)CCO4)CC2)cc1-c1ccc(F)c(C(=O)O)c1. The number of benzene rings is 3. The first-order valence-corrected chi connectivity index (χ1v) is 10.6. The highest BCUT2D eigenvalue weighted by Crippen LogP contribution is 2.50. The molecule has 3 aromatic carbocycles. The van der Waals surface area contributed by atoms with Crippen molar-refractivity contribution in [3.8, 4) is 16.9 Å². The number of rotatable bonds is 5. The van der Waals surface area contributed by atoms with Gasteiger partial charge in [-0.25, -0.2) is 9.18 Å². The zero-order valence-electron chi connectivity index (χ0n) is 17.6. The van der Waals surface area contributed by atoms with Crippen LogP contribution in [0.2, 0.25) is 0 Å². The van der Waals surface area contributed by atoms with Crippen LogP contribution in [-0.4, -0.2) is 23.6 Å². The zero-order chi connectivity index (χ0) is 22.5. The standard InChI is InChI=1S/C26H22FNO4/c1-15-2-5-19(14-20(15)16-3-6-22(27)21(13-16)24(29)30)28-25(31)26(9-10-26)18-4-7-23-17(12-18)8-11-32-23/h2-7,12-14H,8-11H2,1H3,(H,28,31)(H,29,30). The first kappa shape index (κ1) is 20.2. The molecule has 1 heterocycles. The molecule has 0 spiro atoms. The second-order valence-corrected chi connectivity index (χ2v) is 8.49. The summed E-state index contributed by atoms with van der Waals surface area (Å²) in [7, 11) is 0. The number of aromatic carboxylic acids is 1. The summed E-state index contributed by atoms with van der Waals surface area (Å²) in [5.74, 6) is -1.26. The molecule has 162 valence electrons. The largest absolute Gasteiger partial charge is 0.493 e. The topological polar surface area (TPSA) is 75.6 Å². The van der Waals surface area contributed by atoms with E-state index in [1.54, 1.807) is 12.1 Å². The predicted molar refractivity (Wildman–Crippen MR) is 119 cm³/mol. The molecule has 0 aromatic heterocycles. The van der Waals surface area contributed by atoms with E-state index in [1.807, 2.05) is 31.2 Å². The van der Waals surface area contributed by atoms with Crippen LogP contribution in [0.4, 0.5) is 10.1 Å². The Morgan fingerprint density at radius 2 is 1.88 bits per heavy atom. The van der Waals surface area contributed by atoms with Crippen LogP contribution in [-0.2, 0) is 16.6 Å². The Balaban J connectivity index is 1.43. The number of carbonyl (C=O) groups is 2. The minimum absolute atomic E-state index is 0.0588. The van der Waals surface area contributed by atoms with Gasteiger partial charge in [0.25, 0.3) is 0 Å². The molecule has 1 aliphatic carbocycles. The molecule has 5 nitrogen and oxygen atoms in total. The van der Waals surface area contributed by atoms with E-state index >= 15 is 0 Å². The van der Waals surface area contributed by atoms with Crippen molar-refractivity contribution in [2.45, 2.75) is 31.6 Å². The number of ether oxygens (including phenoxy) is 1. The molecular formula is C26H22FNO4. The Kier molecular flexibility index (Phi) is 4.73. The molecule has 0 atom stereocenters. The fourth-order valence-electron chi connectivity index (χ4n) is 4.37. The van der Waals surface area contributed by atoms with Gasteiger partial charge in [0, 0.05) is 12.1 Å². The smallest absolute Gasteiger partial charge is 0.338 e. The number of halogens is 1. The van der Waals surface area contributed by atoms with Gasteiger partial charge in [0.15, 0.2) is 0 Å². The Labute approximate surface area is 184 Å². The van der Waals surface area contributed by atoms with Gasteiger partial charge in [0.05, 0.1) is 17.6 Å². The highest BCUT2D eigenvalue weighted by atomic mass is 19.1. The molecule has 5 rings (SSSR count). The molecule has 32 heavy (non-hydrogen) atoms. The van der Waals surface area contributed by atoms with Crippen molar-refractivity contribution in [2.75, 3.05) is 11.9 Å². The van der Waals surface area contributed by atoms with Crippen LogP contribution < -0.4 is 10.1 Å². The molecule has 2 aliphatic rings. The minimum atomic E-state index is -1.32. The van der Waals surface area contributed by atoms with E-state index in [0.717, 1.165) is 53.3 Å². The molecular weight excluding hydrogens is 409 g/mol. The monoisotopic (exact) mass is 431 g/mol. The van der Waals surface area contributed by atoms with E-state index in [1.165, 1.54) is 6.07 Å². The summed E-state index contributed by atoms with van der Waals surface area (Å²) >= 11 is 0. The lowest BCUT2D eigenvalue weighted by atomic mass is 9.92. The number of nitrogens with one attached hydrogen (secondary N) is 1. The van der Waals surface area contributed by atoms with Crippen LogP contribution in [0.15, 0.2) is 54.6 Å². The summed E-state index contributed by atoms with van der Waals surface area (Å²) in [6.07, 6.45) is 2.44. The van der Waals surface area contributed by atoms with Crippen LogP contribution in [0.1, 0.15) is 39.9 Å². The molecule has 1 fully saturated rings. The summed E-state index contributed by atoms with van der Waals surface area (Å²) < 4.78 is 19.4. The van der Waals surface area contributed by atoms with Crippen LogP contribution in [0.5, 0.6) is 5.75 Å². The molecule has 3 aromatic rings. The average Bonchev–Trinajstić information content (AvgIpc) is 3.46. The zero-order valence-corrected chi connectivity index (χ0v) is 17.6. The predicted octanol–water partition coefficient (Wildman–Crippen LogP) is 5.10. The van der Waals surface area contributed by atoms with Crippen LogP contribution >= 0.6 is 0 Å². The number of aryl methyl sites for hydroxylation is 1. The minimum Gasteiger partial charge on any atom is -0.493 e. The van der Waals surface area contributed by atoms with Crippen LogP contribution in [0.3, 0.4) is 0 Å². The number of hydrogen-bond acceptors (Lipinski definition) is 3. The van der Waals surface area contributed by atoms with E-state index < -0.39 is 17.2 Å². The molecule has 6 heteroatoms. The van der Waals surface area contributed by atoms with Gasteiger partial charge in [0.2, 0.25) is 5.91 Å². The normalized spacial score (nSPS) is 15.6. The average molecular weight is 431 g/mol. The number of amides is 1. The number of carboxylic acid groups (broad SMARTS) is 1. The molecule has 1 aliphatic heterocycles. The van der Waals surface area contributed by atoms with Gasteiger partial charge in [-0.2, -0.15) is 0 Å². The number of hydrogen-bond donors (Lipinski definition) is 2. The van der Waals surface area contributed by atoms with E-state index in [-0.39, 0.29) is 11.5 Å². The van der Waals surface area contributed by atoms with Gasteiger partial charge in [-0.15, -0.1) is 0 Å². The van der Waals surface area contributed by atoms with E-state index in [0.29, 0.717) is 17.9 Å². The van der Waals surface area contributed by atoms with Gasteiger partial charge in [-0.1, -0.05) is 24.3 Å². The number of anilines is 1. The molecule has 0 bridgehead atoms. The third-order valence-electron chi connectivity index (χ3n) is 6.43. The summed E-state index contributed by atoms with van der Waals surface area (Å²) in [5, 5.41) is 12.3. The van der Waals surface area contributed by atoms with Crippen molar-refractivity contribution < 1.29 is 23.8 Å². The molecule has 0 saturated heterocycles. The highest BCUT2D eigenvalue weighted by Gasteiger charge is 2.51. The van der Waals surface area contributed by atoms with Gasteiger partial charge in [0.1, 0.15) is 11.6 Å². The Morgan fingerprint density at radius 1 is 1.06 bits per heavy atom. The molecule has 1 saturated carbocycles. The number of fused-ring (bicyclic) bond motifs is 1. The van der Waals surface area contributed by atoms with Crippen molar-refractivity contribution in [3.05, 3.63) is 82.7 Å². The van der Waals surface area contributed by atoms with E-state index in [9.17, 15) is 19.1 Å². The maximum absolute atomic E-state index is 13.8. The second kappa shape index (κ2) is 7.48. The Bertz CT molecular complexity index is 1260. The lowest BCUT2D eigenvalue weighted by Crippen LogP contribution is -2.27.